The summed E-state index contributed by atoms with van der Waals surface area (Å²) in [6.07, 6.45) is 0.417. The van der Waals surface area contributed by atoms with Gasteiger partial charge in [-0.1, -0.05) is 24.3 Å². The highest BCUT2D eigenvalue weighted by Crippen LogP contribution is 2.33. The Morgan fingerprint density at radius 2 is 1.68 bits per heavy atom. The number of hydrogen-bond acceptors (Lipinski definition) is 5. The van der Waals surface area contributed by atoms with Crippen LogP contribution in [0.5, 0.6) is 0 Å². The summed E-state index contributed by atoms with van der Waals surface area (Å²) in [5.41, 5.74) is 9.18. The third-order valence-electron chi connectivity index (χ3n) is 5.84. The molecule has 0 saturated heterocycles. The van der Waals surface area contributed by atoms with Gasteiger partial charge in [0.2, 0.25) is 11.8 Å². The number of ether oxygens (including phenoxy) is 1. The minimum absolute atomic E-state index is 0.198. The first kappa shape index (κ1) is 23.0. The Morgan fingerprint density at radius 1 is 1.03 bits per heavy atom. The van der Waals surface area contributed by atoms with Crippen molar-refractivity contribution < 1.29 is 23.5 Å². The van der Waals surface area contributed by atoms with E-state index in [0.717, 1.165) is 16.8 Å². The van der Waals surface area contributed by atoms with Crippen LogP contribution in [0.15, 0.2) is 66.7 Å². The topological polar surface area (TPSA) is 102 Å². The maximum atomic E-state index is 13.3. The molecule has 0 radical (unpaired) electrons. The lowest BCUT2D eigenvalue weighted by Crippen LogP contribution is -2.33. The summed E-state index contributed by atoms with van der Waals surface area (Å²) in [5, 5.41) is 2.92. The maximum Gasteiger partial charge on any atom is 0.337 e. The van der Waals surface area contributed by atoms with E-state index >= 15 is 0 Å². The van der Waals surface area contributed by atoms with Crippen LogP contribution in [-0.2, 0) is 22.5 Å². The molecule has 0 bridgehead atoms. The number of hydrogen-bond donors (Lipinski definition) is 2. The summed E-state index contributed by atoms with van der Waals surface area (Å²) in [7, 11) is 1.33. The van der Waals surface area contributed by atoms with Crippen molar-refractivity contribution in [3.05, 3.63) is 94.8 Å². The predicted octanol–water partition coefficient (Wildman–Crippen LogP) is 3.53. The highest BCUT2D eigenvalue weighted by molar-refractivity contribution is 6.01. The van der Waals surface area contributed by atoms with Gasteiger partial charge in [-0.2, -0.15) is 0 Å². The monoisotopic (exact) mass is 461 g/mol. The second-order valence-electron chi connectivity index (χ2n) is 8.18. The zero-order chi connectivity index (χ0) is 24.2. The summed E-state index contributed by atoms with van der Waals surface area (Å²) < 4.78 is 18.1. The van der Waals surface area contributed by atoms with Gasteiger partial charge < -0.3 is 20.7 Å². The van der Waals surface area contributed by atoms with E-state index in [4.69, 9.17) is 10.5 Å². The molecule has 1 unspecified atom stereocenters. The van der Waals surface area contributed by atoms with Crippen molar-refractivity contribution >= 4 is 29.2 Å². The molecular formula is C26H24FN3O4. The van der Waals surface area contributed by atoms with Gasteiger partial charge in [0.15, 0.2) is 0 Å². The van der Waals surface area contributed by atoms with Gasteiger partial charge >= 0.3 is 5.97 Å². The maximum absolute atomic E-state index is 13.3. The van der Waals surface area contributed by atoms with Gasteiger partial charge in [0.1, 0.15) is 5.82 Å². The Labute approximate surface area is 196 Å². The molecule has 1 aliphatic rings. The van der Waals surface area contributed by atoms with Crippen molar-refractivity contribution in [3.8, 4) is 0 Å². The number of halogens is 1. The molecule has 1 aliphatic heterocycles. The number of methoxy groups -OCH3 is 1. The highest BCUT2D eigenvalue weighted by Gasteiger charge is 2.29. The van der Waals surface area contributed by atoms with E-state index in [1.165, 1.54) is 19.2 Å². The van der Waals surface area contributed by atoms with Crippen molar-refractivity contribution in [2.45, 2.75) is 13.0 Å². The Bertz CT molecular complexity index is 1230. The summed E-state index contributed by atoms with van der Waals surface area (Å²) in [6, 6.07) is 18.1. The standard InChI is InChI=1S/C26H24FN3O4/c1-34-26(33)18-6-2-17(3-7-18)14-30-15-20(12-16-4-9-21(27)10-5-16)25(32)29-22-13-19(24(28)31)8-11-23(22)30/h2-11,13,20H,12,14-15H2,1H3,(H2,28,31)(H,29,32). The third kappa shape index (κ3) is 5.06. The lowest BCUT2D eigenvalue weighted by molar-refractivity contribution is -0.119. The number of amides is 2. The molecule has 0 spiro atoms. The Balaban J connectivity index is 1.66. The number of fused-ring (bicyclic) bond motifs is 1. The molecule has 0 aromatic heterocycles. The normalized spacial score (nSPS) is 15.2. The fourth-order valence-electron chi connectivity index (χ4n) is 4.04. The van der Waals surface area contributed by atoms with Crippen LogP contribution in [0.1, 0.15) is 31.8 Å². The van der Waals surface area contributed by atoms with Gasteiger partial charge in [0.25, 0.3) is 0 Å². The number of carbonyl (C=O) groups is 3. The minimum atomic E-state index is -0.589. The quantitative estimate of drug-likeness (QED) is 0.547. The molecule has 3 aromatic carbocycles. The first-order valence-corrected chi connectivity index (χ1v) is 10.8. The van der Waals surface area contributed by atoms with Crippen LogP contribution in [0.3, 0.4) is 0 Å². The average molecular weight is 461 g/mol. The number of benzene rings is 3. The molecule has 4 rings (SSSR count). The highest BCUT2D eigenvalue weighted by atomic mass is 19.1. The van der Waals surface area contributed by atoms with Crippen molar-refractivity contribution in [3.63, 3.8) is 0 Å². The Hall–Kier alpha value is -4.20. The van der Waals surface area contributed by atoms with Crippen molar-refractivity contribution in [1.82, 2.24) is 0 Å². The van der Waals surface area contributed by atoms with Gasteiger partial charge in [0.05, 0.1) is 30.0 Å². The molecule has 1 atom stereocenters. The molecular weight excluding hydrogens is 437 g/mol. The third-order valence-corrected chi connectivity index (χ3v) is 5.84. The number of nitrogens with two attached hydrogens (primary N) is 1. The van der Waals surface area contributed by atoms with E-state index in [1.807, 2.05) is 17.0 Å². The number of anilines is 2. The van der Waals surface area contributed by atoms with Crippen LogP contribution in [0.25, 0.3) is 0 Å². The van der Waals surface area contributed by atoms with Gasteiger partial charge in [-0.05, 0) is 60.0 Å². The smallest absolute Gasteiger partial charge is 0.337 e. The van der Waals surface area contributed by atoms with Gasteiger partial charge in [-0.15, -0.1) is 0 Å². The Kier molecular flexibility index (Phi) is 6.58. The molecule has 3 aromatic rings. The number of nitrogens with zero attached hydrogens (tertiary/aromatic N) is 1. The molecule has 174 valence electrons. The van der Waals surface area contributed by atoms with Crippen molar-refractivity contribution in [1.29, 1.82) is 0 Å². The summed E-state index contributed by atoms with van der Waals surface area (Å²) in [4.78, 5) is 38.6. The lowest BCUT2D eigenvalue weighted by Gasteiger charge is -2.27. The van der Waals surface area contributed by atoms with Gasteiger partial charge in [0, 0.05) is 18.7 Å². The molecule has 0 aliphatic carbocycles. The number of rotatable bonds is 6. The number of primary amides is 1. The van der Waals surface area contributed by atoms with Gasteiger partial charge in [-0.3, -0.25) is 9.59 Å². The zero-order valence-electron chi connectivity index (χ0n) is 18.6. The fraction of sp³-hybridized carbons (Fsp3) is 0.192. The van der Waals surface area contributed by atoms with Gasteiger partial charge in [-0.25, -0.2) is 9.18 Å². The second-order valence-corrected chi connectivity index (χ2v) is 8.18. The van der Waals surface area contributed by atoms with E-state index in [-0.39, 0.29) is 11.7 Å². The van der Waals surface area contributed by atoms with E-state index in [2.05, 4.69) is 5.32 Å². The van der Waals surface area contributed by atoms with Crippen molar-refractivity contribution in [2.24, 2.45) is 11.7 Å². The number of nitrogens with one attached hydrogen (secondary N) is 1. The Morgan fingerprint density at radius 3 is 2.32 bits per heavy atom. The van der Waals surface area contributed by atoms with E-state index in [0.29, 0.717) is 36.3 Å². The largest absolute Gasteiger partial charge is 0.465 e. The van der Waals surface area contributed by atoms with E-state index in [9.17, 15) is 18.8 Å². The molecule has 8 heteroatoms. The van der Waals surface area contributed by atoms with E-state index < -0.39 is 17.8 Å². The van der Waals surface area contributed by atoms with Crippen LogP contribution in [0, 0.1) is 11.7 Å². The lowest BCUT2D eigenvalue weighted by atomic mass is 9.97. The van der Waals surface area contributed by atoms with E-state index in [1.54, 1.807) is 42.5 Å². The van der Waals surface area contributed by atoms with Crippen LogP contribution in [0.4, 0.5) is 15.8 Å². The molecule has 7 nitrogen and oxygen atoms in total. The summed E-state index contributed by atoms with van der Waals surface area (Å²) in [6.45, 7) is 0.851. The van der Waals surface area contributed by atoms with Crippen LogP contribution >= 0.6 is 0 Å². The number of esters is 1. The summed E-state index contributed by atoms with van der Waals surface area (Å²) >= 11 is 0. The first-order chi connectivity index (χ1) is 16.3. The van der Waals surface area contributed by atoms with Crippen LogP contribution in [-0.4, -0.2) is 31.4 Å². The molecule has 1 heterocycles. The fourth-order valence-corrected chi connectivity index (χ4v) is 4.04. The predicted molar refractivity (Wildman–Crippen MR) is 126 cm³/mol. The molecule has 0 saturated carbocycles. The summed E-state index contributed by atoms with van der Waals surface area (Å²) in [5.74, 6) is -1.97. The zero-order valence-corrected chi connectivity index (χ0v) is 18.6. The molecule has 34 heavy (non-hydrogen) atoms. The molecule has 2 amide bonds. The minimum Gasteiger partial charge on any atom is -0.465 e. The second kappa shape index (κ2) is 9.74. The molecule has 3 N–H and O–H groups in total. The average Bonchev–Trinajstić information content (AvgIpc) is 2.96. The van der Waals surface area contributed by atoms with Crippen molar-refractivity contribution in [2.75, 3.05) is 23.9 Å². The molecule has 0 fully saturated rings. The van der Waals surface area contributed by atoms with Crippen LogP contribution < -0.4 is 16.0 Å². The number of carbonyl (C=O) groups excluding carboxylic acids is 3. The SMILES string of the molecule is COC(=O)c1ccc(CN2CC(Cc3ccc(F)cc3)C(=O)Nc3cc(C(N)=O)ccc32)cc1. The van der Waals surface area contributed by atoms with Crippen LogP contribution in [0.2, 0.25) is 0 Å². The first-order valence-electron chi connectivity index (χ1n) is 10.8.